The Morgan fingerprint density at radius 3 is 2.42 bits per heavy atom. The van der Waals surface area contributed by atoms with Gasteiger partial charge in [-0.3, -0.25) is 15.1 Å². The van der Waals surface area contributed by atoms with E-state index in [0.717, 1.165) is 17.2 Å². The summed E-state index contributed by atoms with van der Waals surface area (Å²) in [4.78, 5) is 14.2. The second-order valence-corrected chi connectivity index (χ2v) is 10.1. The number of benzene rings is 3. The van der Waals surface area contributed by atoms with E-state index in [0.29, 0.717) is 29.2 Å². The Labute approximate surface area is 214 Å². The summed E-state index contributed by atoms with van der Waals surface area (Å²) < 4.78 is 30.0. The van der Waals surface area contributed by atoms with Crippen molar-refractivity contribution >= 4 is 17.5 Å². The van der Waals surface area contributed by atoms with Crippen LogP contribution >= 0.6 is 11.6 Å². The lowest BCUT2D eigenvalue weighted by molar-refractivity contribution is 0.00809. The lowest BCUT2D eigenvalue weighted by Gasteiger charge is -2.50. The van der Waals surface area contributed by atoms with Crippen molar-refractivity contribution in [2.45, 2.75) is 31.5 Å². The zero-order valence-electron chi connectivity index (χ0n) is 20.0. The highest BCUT2D eigenvalue weighted by Crippen LogP contribution is 2.45. The largest absolute Gasteiger partial charge is 0.292 e. The van der Waals surface area contributed by atoms with Gasteiger partial charge in [-0.2, -0.15) is 5.26 Å². The Bertz CT molecular complexity index is 1290. The number of carbonyl (C=O) groups is 1. The lowest BCUT2D eigenvalue weighted by Crippen LogP contribution is -2.53. The standard InChI is InChI=1S/C28H27ClF2N4O/c1-28(2,31)25(20-11-21(27(36)34-33)13-24(30)12-20)22-15-35(16-22)26(18-6-8-23(29)9-7-18)19-5-3-4-17(10-19)14-32/h3-13,22,25-26H,15-16,33H2,1-2H3,(H,34,36). The zero-order chi connectivity index (χ0) is 26.0. The van der Waals surface area contributed by atoms with E-state index in [2.05, 4.69) is 11.0 Å². The van der Waals surface area contributed by atoms with Gasteiger partial charge in [-0.25, -0.2) is 14.6 Å². The number of hydrogen-bond donors (Lipinski definition) is 2. The number of halogens is 3. The molecule has 0 aromatic heterocycles. The van der Waals surface area contributed by atoms with Gasteiger partial charge in [0.05, 0.1) is 17.7 Å². The van der Waals surface area contributed by atoms with Gasteiger partial charge < -0.3 is 0 Å². The fourth-order valence-corrected chi connectivity index (χ4v) is 5.37. The second-order valence-electron chi connectivity index (χ2n) is 9.69. The van der Waals surface area contributed by atoms with Gasteiger partial charge in [-0.1, -0.05) is 35.9 Å². The van der Waals surface area contributed by atoms with Crippen molar-refractivity contribution in [1.82, 2.24) is 10.3 Å². The third kappa shape index (κ3) is 5.41. The molecule has 0 spiro atoms. The van der Waals surface area contributed by atoms with Crippen molar-refractivity contribution in [2.24, 2.45) is 11.8 Å². The Morgan fingerprint density at radius 1 is 1.11 bits per heavy atom. The minimum atomic E-state index is -1.67. The molecule has 0 radical (unpaired) electrons. The molecule has 2 unspecified atom stereocenters. The van der Waals surface area contributed by atoms with E-state index in [1.54, 1.807) is 6.07 Å². The van der Waals surface area contributed by atoms with Gasteiger partial charge >= 0.3 is 0 Å². The number of amides is 1. The molecular formula is C28H27ClF2N4O. The molecule has 4 rings (SSSR count). The smallest absolute Gasteiger partial charge is 0.265 e. The van der Waals surface area contributed by atoms with E-state index in [-0.39, 0.29) is 17.5 Å². The van der Waals surface area contributed by atoms with Gasteiger partial charge in [-0.15, -0.1) is 0 Å². The third-order valence-electron chi connectivity index (χ3n) is 6.70. The molecule has 3 N–H and O–H groups in total. The van der Waals surface area contributed by atoms with Crippen LogP contribution in [0.3, 0.4) is 0 Å². The Balaban J connectivity index is 1.67. The summed E-state index contributed by atoms with van der Waals surface area (Å²) in [5.74, 6) is 3.19. The van der Waals surface area contributed by atoms with E-state index in [1.165, 1.54) is 26.0 Å². The molecule has 1 heterocycles. The second kappa shape index (κ2) is 10.4. The van der Waals surface area contributed by atoms with Gasteiger partial charge in [0.15, 0.2) is 0 Å². The minimum Gasteiger partial charge on any atom is -0.292 e. The average molecular weight is 509 g/mol. The maximum absolute atomic E-state index is 15.6. The lowest BCUT2D eigenvalue weighted by atomic mass is 9.72. The van der Waals surface area contributed by atoms with Gasteiger partial charge in [0.1, 0.15) is 11.5 Å². The monoisotopic (exact) mass is 508 g/mol. The average Bonchev–Trinajstić information content (AvgIpc) is 2.82. The summed E-state index contributed by atoms with van der Waals surface area (Å²) in [5, 5.41) is 10.0. The molecule has 3 aromatic rings. The van der Waals surface area contributed by atoms with Crippen LogP contribution in [0.2, 0.25) is 5.02 Å². The van der Waals surface area contributed by atoms with E-state index >= 15 is 4.39 Å². The summed E-state index contributed by atoms with van der Waals surface area (Å²) in [6.45, 7) is 4.02. The number of nitrogens with zero attached hydrogens (tertiary/aromatic N) is 2. The van der Waals surface area contributed by atoms with Crippen molar-refractivity contribution in [1.29, 1.82) is 5.26 Å². The number of hydrazine groups is 1. The topological polar surface area (TPSA) is 82.2 Å². The molecular weight excluding hydrogens is 482 g/mol. The maximum Gasteiger partial charge on any atom is 0.265 e. The first-order valence-electron chi connectivity index (χ1n) is 11.6. The molecule has 8 heteroatoms. The van der Waals surface area contributed by atoms with Crippen LogP contribution in [0.25, 0.3) is 0 Å². The van der Waals surface area contributed by atoms with Gasteiger partial charge in [0, 0.05) is 29.6 Å². The molecule has 0 aliphatic carbocycles. The van der Waals surface area contributed by atoms with Crippen LogP contribution in [0.4, 0.5) is 8.78 Å². The van der Waals surface area contributed by atoms with E-state index in [1.807, 2.05) is 47.9 Å². The summed E-state index contributed by atoms with van der Waals surface area (Å²) in [6.07, 6.45) is 0. The number of carbonyl (C=O) groups excluding carboxylic acids is 1. The van der Waals surface area contributed by atoms with Crippen molar-refractivity contribution in [2.75, 3.05) is 13.1 Å². The summed E-state index contributed by atoms with van der Waals surface area (Å²) >= 11 is 6.11. The molecule has 186 valence electrons. The zero-order valence-corrected chi connectivity index (χ0v) is 20.8. The third-order valence-corrected chi connectivity index (χ3v) is 6.96. The fraction of sp³-hybridized carbons (Fsp3) is 0.286. The van der Waals surface area contributed by atoms with Gasteiger partial charge in [0.25, 0.3) is 5.91 Å². The molecule has 0 bridgehead atoms. The fourth-order valence-electron chi connectivity index (χ4n) is 5.24. The normalized spacial score (nSPS) is 16.0. The van der Waals surface area contributed by atoms with Crippen LogP contribution in [0.5, 0.6) is 0 Å². The first kappa shape index (κ1) is 25.8. The van der Waals surface area contributed by atoms with Gasteiger partial charge in [0.2, 0.25) is 0 Å². The quantitative estimate of drug-likeness (QED) is 0.250. The van der Waals surface area contributed by atoms with E-state index < -0.39 is 23.3 Å². The van der Waals surface area contributed by atoms with Crippen molar-refractivity contribution in [3.63, 3.8) is 0 Å². The molecule has 1 fully saturated rings. The van der Waals surface area contributed by atoms with Crippen molar-refractivity contribution < 1.29 is 13.6 Å². The van der Waals surface area contributed by atoms with E-state index in [4.69, 9.17) is 17.4 Å². The predicted molar refractivity (Wildman–Crippen MR) is 135 cm³/mol. The van der Waals surface area contributed by atoms with Crippen molar-refractivity contribution in [3.05, 3.63) is 105 Å². The number of rotatable bonds is 7. The Hall–Kier alpha value is -3.31. The number of nitriles is 1. The van der Waals surface area contributed by atoms with Crippen molar-refractivity contribution in [3.8, 4) is 6.07 Å². The predicted octanol–water partition coefficient (Wildman–Crippen LogP) is 5.51. The van der Waals surface area contributed by atoms with Crippen LogP contribution < -0.4 is 11.3 Å². The summed E-state index contributed by atoms with van der Waals surface area (Å²) in [7, 11) is 0. The Morgan fingerprint density at radius 2 is 1.81 bits per heavy atom. The van der Waals surface area contributed by atoms with E-state index in [9.17, 15) is 14.4 Å². The number of nitrogens with one attached hydrogen (secondary N) is 1. The molecule has 1 aliphatic rings. The molecule has 3 aromatic carbocycles. The first-order valence-corrected chi connectivity index (χ1v) is 12.0. The number of hydrogen-bond acceptors (Lipinski definition) is 4. The number of alkyl halides is 1. The number of likely N-dealkylation sites (tertiary alicyclic amines) is 1. The molecule has 5 nitrogen and oxygen atoms in total. The molecule has 36 heavy (non-hydrogen) atoms. The number of nitrogen functional groups attached to an aromatic ring is 1. The van der Waals surface area contributed by atoms with Crippen LogP contribution in [0.15, 0.2) is 66.7 Å². The first-order chi connectivity index (χ1) is 17.1. The highest BCUT2D eigenvalue weighted by molar-refractivity contribution is 6.30. The summed E-state index contributed by atoms with van der Waals surface area (Å²) in [5.41, 5.74) is 3.29. The SMILES string of the molecule is CC(C)(F)C(c1cc(F)cc(C(=O)NN)c1)C1CN(C(c2ccc(Cl)cc2)c2cccc(C#N)c2)C1. The molecule has 2 atom stereocenters. The molecule has 0 saturated carbocycles. The minimum absolute atomic E-state index is 0.0466. The Kier molecular flexibility index (Phi) is 7.41. The van der Waals surface area contributed by atoms with Crippen LogP contribution in [0.1, 0.15) is 58.4 Å². The summed E-state index contributed by atoms with van der Waals surface area (Å²) in [6, 6.07) is 20.8. The highest BCUT2D eigenvalue weighted by Gasteiger charge is 2.45. The van der Waals surface area contributed by atoms with Crippen LogP contribution in [0, 0.1) is 23.1 Å². The van der Waals surface area contributed by atoms with Crippen LogP contribution in [-0.4, -0.2) is 29.6 Å². The highest BCUT2D eigenvalue weighted by atomic mass is 35.5. The molecule has 1 aliphatic heterocycles. The van der Waals surface area contributed by atoms with Crippen LogP contribution in [-0.2, 0) is 0 Å². The maximum atomic E-state index is 15.6. The molecule has 1 amide bonds. The number of nitrogens with two attached hydrogens (primary N) is 1. The molecule has 1 saturated heterocycles. The van der Waals surface area contributed by atoms with Gasteiger partial charge in [-0.05, 0) is 78.9 Å².